The van der Waals surface area contributed by atoms with Crippen molar-refractivity contribution in [3.05, 3.63) is 23.8 Å². The van der Waals surface area contributed by atoms with Gasteiger partial charge in [0.25, 0.3) is 0 Å². The molecule has 2 aliphatic heterocycles. The molecule has 0 saturated heterocycles. The van der Waals surface area contributed by atoms with E-state index in [0.717, 1.165) is 24.1 Å². The largest absolute Gasteiger partial charge is 0.324 e. The molecule has 1 atom stereocenters. The summed E-state index contributed by atoms with van der Waals surface area (Å²) in [7, 11) is -3.41. The molecular weight excluding hydrogens is 260 g/mol. The summed E-state index contributed by atoms with van der Waals surface area (Å²) >= 11 is 5.75. The first-order valence-corrected chi connectivity index (χ1v) is 7.61. The molecular formula is C11H13ClN2O2S. The predicted molar refractivity (Wildman–Crippen MR) is 68.9 cm³/mol. The number of alkyl halides is 1. The average molecular weight is 273 g/mol. The Morgan fingerprint density at radius 2 is 2.29 bits per heavy atom. The van der Waals surface area contributed by atoms with Gasteiger partial charge in [-0.2, -0.15) is 8.42 Å². The van der Waals surface area contributed by atoms with E-state index in [2.05, 4.69) is 4.72 Å². The summed E-state index contributed by atoms with van der Waals surface area (Å²) in [4.78, 5) is 0. The van der Waals surface area contributed by atoms with Crippen LogP contribution >= 0.6 is 11.6 Å². The first-order chi connectivity index (χ1) is 8.13. The number of nitrogens with one attached hydrogen (secondary N) is 1. The van der Waals surface area contributed by atoms with Gasteiger partial charge in [0.2, 0.25) is 0 Å². The molecule has 1 unspecified atom stereocenters. The lowest BCUT2D eigenvalue weighted by Crippen LogP contribution is -2.42. The Balaban J connectivity index is 2.15. The van der Waals surface area contributed by atoms with Gasteiger partial charge in [-0.3, -0.25) is 4.72 Å². The van der Waals surface area contributed by atoms with Gasteiger partial charge in [-0.1, -0.05) is 12.1 Å². The van der Waals surface area contributed by atoms with Crippen molar-refractivity contribution >= 4 is 33.2 Å². The van der Waals surface area contributed by atoms with E-state index in [1.165, 1.54) is 4.31 Å². The van der Waals surface area contributed by atoms with Crippen molar-refractivity contribution in [2.24, 2.45) is 0 Å². The zero-order valence-corrected chi connectivity index (χ0v) is 10.8. The van der Waals surface area contributed by atoms with Crippen molar-refractivity contribution < 1.29 is 8.42 Å². The van der Waals surface area contributed by atoms with Crippen LogP contribution in [0.4, 0.5) is 11.4 Å². The molecule has 1 N–H and O–H groups in total. The van der Waals surface area contributed by atoms with Crippen LogP contribution in [0.15, 0.2) is 18.2 Å². The molecule has 0 saturated carbocycles. The second kappa shape index (κ2) is 3.78. The first kappa shape index (κ1) is 11.2. The molecule has 0 bridgehead atoms. The van der Waals surface area contributed by atoms with Gasteiger partial charge >= 0.3 is 10.2 Å². The lowest BCUT2D eigenvalue weighted by atomic mass is 9.96. The molecule has 1 aromatic rings. The summed E-state index contributed by atoms with van der Waals surface area (Å²) in [6, 6.07) is 5.67. The zero-order valence-electron chi connectivity index (χ0n) is 9.19. The molecule has 0 amide bonds. The van der Waals surface area contributed by atoms with E-state index in [9.17, 15) is 8.42 Å². The summed E-state index contributed by atoms with van der Waals surface area (Å²) in [5, 5.41) is 0. The quantitative estimate of drug-likeness (QED) is 0.839. The number of anilines is 2. The number of benzene rings is 1. The maximum atomic E-state index is 12.1. The Kier molecular flexibility index (Phi) is 2.48. The summed E-state index contributed by atoms with van der Waals surface area (Å²) in [5.74, 6) is 0.480. The van der Waals surface area contributed by atoms with E-state index in [4.69, 9.17) is 11.6 Å². The Labute approximate surface area is 106 Å². The minimum Gasteiger partial charge on any atom is -0.264 e. The molecule has 2 aliphatic rings. The standard InChI is InChI=1S/C11H13ClN2O2S/c12-7-6-9-5-4-8-2-1-3-10-11(8)14(9)17(15,16)13-10/h1-3,9,13H,4-7H2. The molecule has 3 rings (SSSR count). The fourth-order valence-corrected chi connectivity index (χ4v) is 4.50. The minimum absolute atomic E-state index is 0.0128. The minimum atomic E-state index is -3.41. The molecule has 0 fully saturated rings. The highest BCUT2D eigenvalue weighted by Gasteiger charge is 2.41. The second-order valence-corrected chi connectivity index (χ2v) is 6.31. The molecule has 2 heterocycles. The Hall–Kier alpha value is -0.940. The summed E-state index contributed by atoms with van der Waals surface area (Å²) in [5.41, 5.74) is 2.62. The van der Waals surface area contributed by atoms with Crippen molar-refractivity contribution in [3.63, 3.8) is 0 Å². The van der Waals surface area contributed by atoms with E-state index in [-0.39, 0.29) is 6.04 Å². The molecule has 0 aliphatic carbocycles. The van der Waals surface area contributed by atoms with Gasteiger partial charge in [0, 0.05) is 11.9 Å². The average Bonchev–Trinajstić information content (AvgIpc) is 2.56. The Morgan fingerprint density at radius 1 is 1.47 bits per heavy atom. The van der Waals surface area contributed by atoms with Crippen LogP contribution in [0.1, 0.15) is 18.4 Å². The molecule has 1 aromatic carbocycles. The number of nitrogens with zero attached hydrogens (tertiary/aromatic N) is 1. The van der Waals surface area contributed by atoms with Gasteiger partial charge in [0.15, 0.2) is 0 Å². The molecule has 6 heteroatoms. The van der Waals surface area contributed by atoms with Crippen LogP contribution in [-0.2, 0) is 16.6 Å². The number of halogens is 1. The van der Waals surface area contributed by atoms with Crippen LogP contribution in [0, 0.1) is 0 Å². The van der Waals surface area contributed by atoms with Crippen LogP contribution in [0.25, 0.3) is 0 Å². The summed E-state index contributed by atoms with van der Waals surface area (Å²) in [6.45, 7) is 0. The van der Waals surface area contributed by atoms with Crippen LogP contribution in [0.2, 0.25) is 0 Å². The topological polar surface area (TPSA) is 49.4 Å². The zero-order chi connectivity index (χ0) is 12.0. The van der Waals surface area contributed by atoms with Gasteiger partial charge in [0.1, 0.15) is 0 Å². The van der Waals surface area contributed by atoms with E-state index in [1.807, 2.05) is 12.1 Å². The summed E-state index contributed by atoms with van der Waals surface area (Å²) in [6.07, 6.45) is 2.44. The predicted octanol–water partition coefficient (Wildman–Crippen LogP) is 2.11. The fraction of sp³-hybridized carbons (Fsp3) is 0.455. The van der Waals surface area contributed by atoms with E-state index in [0.29, 0.717) is 18.0 Å². The fourth-order valence-electron chi connectivity index (χ4n) is 2.65. The third-order valence-corrected chi connectivity index (χ3v) is 5.05. The maximum absolute atomic E-state index is 12.1. The lowest BCUT2D eigenvalue weighted by molar-refractivity contribution is 0.547. The third-order valence-electron chi connectivity index (χ3n) is 3.36. The maximum Gasteiger partial charge on any atom is 0.324 e. The van der Waals surface area contributed by atoms with Crippen molar-refractivity contribution in [2.45, 2.75) is 25.3 Å². The Morgan fingerprint density at radius 3 is 3.06 bits per heavy atom. The summed E-state index contributed by atoms with van der Waals surface area (Å²) < 4.78 is 28.3. The van der Waals surface area contributed by atoms with Crippen molar-refractivity contribution in [1.29, 1.82) is 0 Å². The van der Waals surface area contributed by atoms with Gasteiger partial charge in [-0.05, 0) is 30.9 Å². The number of hydrogen-bond donors (Lipinski definition) is 1. The molecule has 4 nitrogen and oxygen atoms in total. The van der Waals surface area contributed by atoms with E-state index >= 15 is 0 Å². The third kappa shape index (κ3) is 1.60. The van der Waals surface area contributed by atoms with Crippen LogP contribution in [0.5, 0.6) is 0 Å². The number of para-hydroxylation sites is 1. The van der Waals surface area contributed by atoms with Crippen molar-refractivity contribution in [1.82, 2.24) is 0 Å². The Bertz CT molecular complexity index is 559. The highest BCUT2D eigenvalue weighted by molar-refractivity contribution is 7.94. The smallest absolute Gasteiger partial charge is 0.264 e. The molecule has 92 valence electrons. The molecule has 0 spiro atoms. The highest BCUT2D eigenvalue weighted by atomic mass is 35.5. The van der Waals surface area contributed by atoms with Gasteiger partial charge in [-0.15, -0.1) is 11.6 Å². The number of hydrogen-bond acceptors (Lipinski definition) is 2. The second-order valence-electron chi connectivity index (χ2n) is 4.39. The van der Waals surface area contributed by atoms with Crippen molar-refractivity contribution in [3.8, 4) is 0 Å². The van der Waals surface area contributed by atoms with Gasteiger partial charge < -0.3 is 0 Å². The monoisotopic (exact) mass is 272 g/mol. The molecule has 0 aromatic heterocycles. The van der Waals surface area contributed by atoms with Crippen LogP contribution < -0.4 is 9.03 Å². The molecule has 17 heavy (non-hydrogen) atoms. The van der Waals surface area contributed by atoms with Crippen molar-refractivity contribution in [2.75, 3.05) is 14.9 Å². The molecule has 0 radical (unpaired) electrons. The lowest BCUT2D eigenvalue weighted by Gasteiger charge is -2.32. The van der Waals surface area contributed by atoms with Crippen LogP contribution in [-0.4, -0.2) is 20.3 Å². The van der Waals surface area contributed by atoms with Crippen LogP contribution in [0.3, 0.4) is 0 Å². The SMILES string of the molecule is O=S1(=O)Nc2cccc3c2N1C(CCCl)CC3. The van der Waals surface area contributed by atoms with Gasteiger partial charge in [0.05, 0.1) is 11.4 Å². The first-order valence-electron chi connectivity index (χ1n) is 5.63. The number of aryl methyl sites for hydroxylation is 1. The normalized spacial score (nSPS) is 24.3. The van der Waals surface area contributed by atoms with E-state index < -0.39 is 10.2 Å². The highest BCUT2D eigenvalue weighted by Crippen LogP contribution is 2.44. The van der Waals surface area contributed by atoms with Gasteiger partial charge in [-0.25, -0.2) is 4.31 Å². The number of rotatable bonds is 2. The van der Waals surface area contributed by atoms with E-state index in [1.54, 1.807) is 6.07 Å².